The summed E-state index contributed by atoms with van der Waals surface area (Å²) in [6.45, 7) is 8.92. The molecule has 4 heterocycles. The Morgan fingerprint density at radius 2 is 1.97 bits per heavy atom. The minimum Gasteiger partial charge on any atom is -0.507 e. The van der Waals surface area contributed by atoms with E-state index in [0.29, 0.717) is 23.0 Å². The summed E-state index contributed by atoms with van der Waals surface area (Å²) < 4.78 is 1.83. The van der Waals surface area contributed by atoms with Crippen molar-refractivity contribution < 1.29 is 5.11 Å². The van der Waals surface area contributed by atoms with Crippen molar-refractivity contribution in [2.45, 2.75) is 50.6 Å². The van der Waals surface area contributed by atoms with Crippen LogP contribution in [0.2, 0.25) is 0 Å². The fourth-order valence-corrected chi connectivity index (χ4v) is 5.16. The molecule has 0 spiro atoms. The number of nitrogens with zero attached hydrogens (tertiary/aromatic N) is 5. The third-order valence-corrected chi connectivity index (χ3v) is 6.63. The van der Waals surface area contributed by atoms with Gasteiger partial charge in [-0.15, -0.1) is 10.2 Å². The summed E-state index contributed by atoms with van der Waals surface area (Å²) >= 11 is 0. The summed E-state index contributed by atoms with van der Waals surface area (Å²) in [6, 6.07) is 5.40. The van der Waals surface area contributed by atoms with Crippen LogP contribution in [0.1, 0.15) is 45.4 Å². The van der Waals surface area contributed by atoms with Crippen LogP contribution in [0, 0.1) is 5.92 Å². The molecule has 30 heavy (non-hydrogen) atoms. The maximum absolute atomic E-state index is 10.5. The second-order valence-corrected chi connectivity index (χ2v) is 9.22. The van der Waals surface area contributed by atoms with Gasteiger partial charge in [0.2, 0.25) is 0 Å². The number of rotatable bonds is 4. The predicted octanol–water partition coefficient (Wildman–Crippen LogP) is 3.75. The number of piperidine rings is 1. The molecule has 2 aliphatic heterocycles. The highest BCUT2D eigenvalue weighted by molar-refractivity contribution is 5.68. The molecule has 0 radical (unpaired) electrons. The van der Waals surface area contributed by atoms with E-state index in [1.54, 1.807) is 24.8 Å². The average Bonchev–Trinajstić information content (AvgIpc) is 3.33. The number of benzene rings is 1. The van der Waals surface area contributed by atoms with Gasteiger partial charge in [-0.2, -0.15) is 0 Å². The third kappa shape index (κ3) is 3.29. The Bertz CT molecular complexity index is 1080. The molecule has 2 aromatic heterocycles. The fraction of sp³-hybridized carbons (Fsp3) is 0.391. The number of hydrogen-bond acceptors (Lipinski definition) is 6. The lowest BCUT2D eigenvalue weighted by molar-refractivity contribution is 0.201. The molecular formula is C23H26N6O. The molecule has 2 aliphatic rings. The van der Waals surface area contributed by atoms with E-state index < -0.39 is 0 Å². The van der Waals surface area contributed by atoms with Crippen molar-refractivity contribution in [1.82, 2.24) is 30.0 Å². The number of phenols is 1. The van der Waals surface area contributed by atoms with Gasteiger partial charge in [0.05, 0.1) is 18.2 Å². The number of hydrogen-bond donors (Lipinski definition) is 2. The Hall–Kier alpha value is -3.06. The van der Waals surface area contributed by atoms with Gasteiger partial charge in [0.15, 0.2) is 5.82 Å². The predicted molar refractivity (Wildman–Crippen MR) is 115 cm³/mol. The van der Waals surface area contributed by atoms with Crippen LogP contribution >= 0.6 is 0 Å². The van der Waals surface area contributed by atoms with Gasteiger partial charge in [-0.3, -0.25) is 0 Å². The van der Waals surface area contributed by atoms with E-state index >= 15 is 0 Å². The average molecular weight is 403 g/mol. The molecule has 0 amide bonds. The number of imidazole rings is 1. The van der Waals surface area contributed by atoms with E-state index in [4.69, 9.17) is 0 Å². The van der Waals surface area contributed by atoms with Gasteiger partial charge in [0.1, 0.15) is 11.4 Å². The molecule has 0 saturated carbocycles. The highest BCUT2D eigenvalue weighted by Crippen LogP contribution is 2.47. The van der Waals surface area contributed by atoms with Crippen molar-refractivity contribution in [2.75, 3.05) is 0 Å². The van der Waals surface area contributed by atoms with Gasteiger partial charge in [-0.1, -0.05) is 6.58 Å². The first-order chi connectivity index (χ1) is 14.3. The molecule has 2 fully saturated rings. The summed E-state index contributed by atoms with van der Waals surface area (Å²) in [7, 11) is 0. The van der Waals surface area contributed by atoms with E-state index in [2.05, 4.69) is 45.9 Å². The maximum Gasteiger partial charge on any atom is 0.177 e. The Balaban J connectivity index is 1.36. The summed E-state index contributed by atoms with van der Waals surface area (Å²) in [4.78, 5) is 8.57. The fourth-order valence-electron chi connectivity index (χ4n) is 5.16. The van der Waals surface area contributed by atoms with Gasteiger partial charge in [-0.25, -0.2) is 9.97 Å². The summed E-state index contributed by atoms with van der Waals surface area (Å²) in [6.07, 6.45) is 11.3. The lowest BCUT2D eigenvalue weighted by Gasteiger charge is -2.42. The number of aromatic hydroxyl groups is 1. The smallest absolute Gasteiger partial charge is 0.177 e. The van der Waals surface area contributed by atoms with Crippen LogP contribution in [-0.4, -0.2) is 40.9 Å². The number of allylic oxidation sites excluding steroid dienone is 1. The van der Waals surface area contributed by atoms with Crippen LogP contribution < -0.4 is 5.32 Å². The SMILES string of the molecule is C=C(c1ncc(-c2ccc(-n3ccnc3)cc2O)nn1)C1C[C@]2(C)CC[C@](C)(C1)N2. The number of fused-ring (bicyclic) bond motifs is 2. The van der Waals surface area contributed by atoms with Gasteiger partial charge in [-0.05, 0) is 63.2 Å². The minimum atomic E-state index is 0.125. The van der Waals surface area contributed by atoms with Crippen LogP contribution in [0.3, 0.4) is 0 Å². The third-order valence-electron chi connectivity index (χ3n) is 6.63. The normalized spacial score (nSPS) is 27.9. The Morgan fingerprint density at radius 1 is 1.20 bits per heavy atom. The summed E-state index contributed by atoms with van der Waals surface area (Å²) in [5.41, 5.74) is 3.23. The van der Waals surface area contributed by atoms with Crippen LogP contribution in [0.15, 0.2) is 49.7 Å². The van der Waals surface area contributed by atoms with Crippen LogP contribution in [0.5, 0.6) is 5.75 Å². The number of aromatic nitrogens is 5. The summed E-state index contributed by atoms with van der Waals surface area (Å²) in [5.74, 6) is 1.06. The standard InChI is InChI=1S/C23H26N6O/c1-15(16-11-22(2)6-7-23(3,12-16)28-22)21-25-13-19(26-27-21)18-5-4-17(10-20(18)30)29-9-8-24-14-29/h4-5,8-10,13-14,16,28,30H,1,6-7,11-12H2,2-3H3/t16?,22-,23+. The molecule has 0 aliphatic carbocycles. The zero-order valence-corrected chi connectivity index (χ0v) is 17.3. The van der Waals surface area contributed by atoms with Crippen molar-refractivity contribution in [3.63, 3.8) is 0 Å². The first-order valence-corrected chi connectivity index (χ1v) is 10.3. The highest BCUT2D eigenvalue weighted by atomic mass is 16.3. The van der Waals surface area contributed by atoms with Gasteiger partial charge in [0, 0.05) is 35.1 Å². The molecule has 3 atom stereocenters. The van der Waals surface area contributed by atoms with E-state index in [1.807, 2.05) is 22.9 Å². The molecular weight excluding hydrogens is 376 g/mol. The van der Waals surface area contributed by atoms with Crippen LogP contribution in [0.25, 0.3) is 22.5 Å². The Morgan fingerprint density at radius 3 is 2.57 bits per heavy atom. The van der Waals surface area contributed by atoms with Crippen LogP contribution in [0.4, 0.5) is 0 Å². The molecule has 5 rings (SSSR count). The van der Waals surface area contributed by atoms with E-state index in [0.717, 1.165) is 24.1 Å². The van der Waals surface area contributed by atoms with E-state index in [1.165, 1.54) is 12.8 Å². The second-order valence-electron chi connectivity index (χ2n) is 9.22. The topological polar surface area (TPSA) is 88.8 Å². The quantitative estimate of drug-likeness (QED) is 0.691. The van der Waals surface area contributed by atoms with Crippen molar-refractivity contribution in [3.8, 4) is 22.7 Å². The molecule has 1 aromatic carbocycles. The molecule has 2 saturated heterocycles. The van der Waals surface area contributed by atoms with E-state index in [9.17, 15) is 5.11 Å². The van der Waals surface area contributed by atoms with Gasteiger partial charge < -0.3 is 15.0 Å². The van der Waals surface area contributed by atoms with Crippen molar-refractivity contribution in [2.24, 2.45) is 5.92 Å². The molecule has 2 bridgehead atoms. The van der Waals surface area contributed by atoms with Crippen molar-refractivity contribution in [1.29, 1.82) is 0 Å². The van der Waals surface area contributed by atoms with Gasteiger partial charge >= 0.3 is 0 Å². The molecule has 2 N–H and O–H groups in total. The number of phenolic OH excluding ortho intramolecular Hbond substituents is 1. The van der Waals surface area contributed by atoms with Crippen molar-refractivity contribution >= 4 is 5.57 Å². The largest absolute Gasteiger partial charge is 0.507 e. The Labute approximate surface area is 175 Å². The Kier molecular flexibility index (Phi) is 4.25. The molecule has 7 heteroatoms. The first kappa shape index (κ1) is 18.9. The van der Waals surface area contributed by atoms with Gasteiger partial charge in [0.25, 0.3) is 0 Å². The first-order valence-electron chi connectivity index (χ1n) is 10.3. The molecule has 1 unspecified atom stereocenters. The van der Waals surface area contributed by atoms with E-state index in [-0.39, 0.29) is 16.8 Å². The summed E-state index contributed by atoms with van der Waals surface area (Å²) in [5, 5.41) is 23.0. The molecule has 3 aromatic rings. The maximum atomic E-state index is 10.5. The molecule has 7 nitrogen and oxygen atoms in total. The lowest BCUT2D eigenvalue weighted by Crippen LogP contribution is -2.53. The highest BCUT2D eigenvalue weighted by Gasteiger charge is 2.49. The minimum absolute atomic E-state index is 0.125. The monoisotopic (exact) mass is 402 g/mol. The zero-order valence-electron chi connectivity index (χ0n) is 17.3. The number of nitrogens with one attached hydrogen (secondary N) is 1. The van der Waals surface area contributed by atoms with Crippen LogP contribution in [-0.2, 0) is 0 Å². The zero-order chi connectivity index (χ0) is 20.9. The second kappa shape index (κ2) is 6.74. The van der Waals surface area contributed by atoms with Crippen molar-refractivity contribution in [3.05, 3.63) is 55.5 Å². The lowest BCUT2D eigenvalue weighted by atomic mass is 9.77. The molecule has 154 valence electrons.